The predicted octanol–water partition coefficient (Wildman–Crippen LogP) is 4.51. The lowest BCUT2D eigenvalue weighted by Gasteiger charge is -2.21. The maximum atomic E-state index is 12.4. The number of nitrogens with one attached hydrogen (secondary N) is 1. The first kappa shape index (κ1) is 19.5. The van der Waals surface area contributed by atoms with E-state index in [2.05, 4.69) is 22.9 Å². The smallest absolute Gasteiger partial charge is 0.248 e. The maximum absolute atomic E-state index is 12.4. The zero-order chi connectivity index (χ0) is 19.8. The van der Waals surface area contributed by atoms with Crippen LogP contribution >= 0.6 is 0 Å². The molecule has 1 aliphatic heterocycles. The van der Waals surface area contributed by atoms with Crippen molar-refractivity contribution in [2.45, 2.75) is 12.8 Å². The van der Waals surface area contributed by atoms with Gasteiger partial charge >= 0.3 is 0 Å². The van der Waals surface area contributed by atoms with E-state index in [1.54, 1.807) is 19.3 Å². The highest BCUT2D eigenvalue weighted by Gasteiger charge is 2.15. The normalized spacial score (nSPS) is 13.5. The second kappa shape index (κ2) is 9.65. The average Bonchev–Trinajstić information content (AvgIpc) is 3.26. The van der Waals surface area contributed by atoms with E-state index in [1.165, 1.54) is 18.9 Å². The third-order valence-corrected chi connectivity index (χ3v) is 4.58. The third-order valence-electron chi connectivity index (χ3n) is 4.58. The van der Waals surface area contributed by atoms with Crippen LogP contribution in [0.25, 0.3) is 6.08 Å². The van der Waals surface area contributed by atoms with Crippen molar-refractivity contribution in [2.75, 3.05) is 37.0 Å². The summed E-state index contributed by atoms with van der Waals surface area (Å²) in [6, 6.07) is 13.5. The number of hydrogen-bond acceptors (Lipinski definition) is 4. The molecule has 0 spiro atoms. The molecular weight excluding hydrogens is 352 g/mol. The second-order valence-electron chi connectivity index (χ2n) is 6.54. The first-order chi connectivity index (χ1) is 13.7. The van der Waals surface area contributed by atoms with Crippen molar-refractivity contribution in [3.8, 4) is 11.5 Å². The lowest BCUT2D eigenvalue weighted by Crippen LogP contribution is -2.20. The van der Waals surface area contributed by atoms with Gasteiger partial charge in [-0.1, -0.05) is 30.9 Å². The summed E-state index contributed by atoms with van der Waals surface area (Å²) in [5.74, 6) is 1.09. The predicted molar refractivity (Wildman–Crippen MR) is 114 cm³/mol. The van der Waals surface area contributed by atoms with Crippen molar-refractivity contribution < 1.29 is 14.3 Å². The molecule has 2 aromatic rings. The Kier molecular flexibility index (Phi) is 6.73. The summed E-state index contributed by atoms with van der Waals surface area (Å²) >= 11 is 0. The van der Waals surface area contributed by atoms with Crippen LogP contribution in [0.3, 0.4) is 0 Å². The van der Waals surface area contributed by atoms with Crippen LogP contribution in [0, 0.1) is 0 Å². The molecule has 0 aromatic heterocycles. The number of amides is 1. The van der Waals surface area contributed by atoms with Gasteiger partial charge in [0.15, 0.2) is 11.5 Å². The molecule has 1 N–H and O–H groups in total. The topological polar surface area (TPSA) is 50.8 Å². The molecule has 1 amide bonds. The van der Waals surface area contributed by atoms with Crippen LogP contribution < -0.4 is 19.7 Å². The number of methoxy groups -OCH3 is 1. The maximum Gasteiger partial charge on any atom is 0.248 e. The van der Waals surface area contributed by atoms with Crippen molar-refractivity contribution in [3.05, 3.63) is 66.8 Å². The summed E-state index contributed by atoms with van der Waals surface area (Å²) in [6.45, 7) is 6.11. The standard InChI is InChI=1S/C23H26N2O3/c1-3-16-28-21-12-10-18(17-22(21)27-2)11-13-23(26)24-19-8-4-5-9-20(19)25-14-6-7-15-25/h3-5,8-13,17H,1,6-7,14-16H2,2H3,(H,24,26)/b13-11+. The molecular formula is C23H26N2O3. The van der Waals surface area contributed by atoms with Crippen molar-refractivity contribution >= 4 is 23.4 Å². The number of para-hydroxylation sites is 2. The van der Waals surface area contributed by atoms with Crippen molar-refractivity contribution in [2.24, 2.45) is 0 Å². The molecule has 0 saturated carbocycles. The van der Waals surface area contributed by atoms with Crippen LogP contribution in [0.2, 0.25) is 0 Å². The molecule has 28 heavy (non-hydrogen) atoms. The Morgan fingerprint density at radius 1 is 1.18 bits per heavy atom. The average molecular weight is 378 g/mol. The Bertz CT molecular complexity index is 855. The molecule has 3 rings (SSSR count). The van der Waals surface area contributed by atoms with Crippen LogP contribution in [0.1, 0.15) is 18.4 Å². The van der Waals surface area contributed by atoms with Crippen molar-refractivity contribution in [3.63, 3.8) is 0 Å². The van der Waals surface area contributed by atoms with Crippen LogP contribution in [-0.4, -0.2) is 32.7 Å². The number of rotatable bonds is 8. The number of ether oxygens (including phenoxy) is 2. The number of benzene rings is 2. The fraction of sp³-hybridized carbons (Fsp3) is 0.261. The van der Waals surface area contributed by atoms with Gasteiger partial charge in [0, 0.05) is 19.2 Å². The van der Waals surface area contributed by atoms with E-state index < -0.39 is 0 Å². The lowest BCUT2D eigenvalue weighted by atomic mass is 10.2. The van der Waals surface area contributed by atoms with Gasteiger partial charge in [-0.25, -0.2) is 0 Å². The molecule has 0 radical (unpaired) electrons. The van der Waals surface area contributed by atoms with Crippen LogP contribution in [0.4, 0.5) is 11.4 Å². The SMILES string of the molecule is C=CCOc1ccc(/C=C/C(=O)Nc2ccccc2N2CCCC2)cc1OC. The zero-order valence-corrected chi connectivity index (χ0v) is 16.2. The molecule has 5 nitrogen and oxygen atoms in total. The van der Waals surface area contributed by atoms with Gasteiger partial charge in [-0.05, 0) is 48.7 Å². The second-order valence-corrected chi connectivity index (χ2v) is 6.54. The lowest BCUT2D eigenvalue weighted by molar-refractivity contribution is -0.111. The number of anilines is 2. The van der Waals surface area contributed by atoms with Gasteiger partial charge < -0.3 is 19.7 Å². The van der Waals surface area contributed by atoms with Crippen LogP contribution in [0.5, 0.6) is 11.5 Å². The van der Waals surface area contributed by atoms with E-state index in [-0.39, 0.29) is 5.91 Å². The van der Waals surface area contributed by atoms with Crippen LogP contribution in [-0.2, 0) is 4.79 Å². The minimum atomic E-state index is -0.169. The third kappa shape index (κ3) is 4.94. The fourth-order valence-electron chi connectivity index (χ4n) is 3.22. The van der Waals surface area contributed by atoms with E-state index in [9.17, 15) is 4.79 Å². The van der Waals surface area contributed by atoms with E-state index in [0.29, 0.717) is 18.1 Å². The number of nitrogens with zero attached hydrogens (tertiary/aromatic N) is 1. The first-order valence-electron chi connectivity index (χ1n) is 9.46. The first-order valence-corrected chi connectivity index (χ1v) is 9.46. The molecule has 1 saturated heterocycles. The fourth-order valence-corrected chi connectivity index (χ4v) is 3.22. The summed E-state index contributed by atoms with van der Waals surface area (Å²) in [6.07, 6.45) is 7.35. The number of carbonyl (C=O) groups is 1. The van der Waals surface area contributed by atoms with Gasteiger partial charge in [-0.15, -0.1) is 0 Å². The van der Waals surface area contributed by atoms with E-state index in [1.807, 2.05) is 36.4 Å². The Morgan fingerprint density at radius 3 is 2.71 bits per heavy atom. The van der Waals surface area contributed by atoms with Gasteiger partial charge in [-0.2, -0.15) is 0 Å². The van der Waals surface area contributed by atoms with E-state index >= 15 is 0 Å². The Balaban J connectivity index is 1.68. The molecule has 0 unspecified atom stereocenters. The highest BCUT2D eigenvalue weighted by molar-refractivity contribution is 6.03. The van der Waals surface area contributed by atoms with Gasteiger partial charge in [0.1, 0.15) is 6.61 Å². The molecule has 2 aromatic carbocycles. The molecule has 0 atom stereocenters. The largest absolute Gasteiger partial charge is 0.493 e. The van der Waals surface area contributed by atoms with Gasteiger partial charge in [0.05, 0.1) is 18.5 Å². The minimum Gasteiger partial charge on any atom is -0.493 e. The summed E-state index contributed by atoms with van der Waals surface area (Å²) in [5, 5.41) is 2.99. The Labute approximate surface area is 166 Å². The Morgan fingerprint density at radius 2 is 1.96 bits per heavy atom. The molecule has 146 valence electrons. The number of carbonyl (C=O) groups excluding carboxylic acids is 1. The molecule has 1 fully saturated rings. The van der Waals surface area contributed by atoms with Gasteiger partial charge in [0.25, 0.3) is 0 Å². The summed E-state index contributed by atoms with van der Waals surface area (Å²) < 4.78 is 10.9. The Hall–Kier alpha value is -3.21. The van der Waals surface area contributed by atoms with E-state index in [4.69, 9.17) is 9.47 Å². The van der Waals surface area contributed by atoms with Crippen molar-refractivity contribution in [1.29, 1.82) is 0 Å². The summed E-state index contributed by atoms with van der Waals surface area (Å²) in [4.78, 5) is 14.7. The molecule has 5 heteroatoms. The van der Waals surface area contributed by atoms with E-state index in [0.717, 1.165) is 30.0 Å². The summed E-state index contributed by atoms with van der Waals surface area (Å²) in [7, 11) is 1.59. The number of hydrogen-bond donors (Lipinski definition) is 1. The summed E-state index contributed by atoms with van der Waals surface area (Å²) in [5.41, 5.74) is 2.77. The van der Waals surface area contributed by atoms with Gasteiger partial charge in [-0.3, -0.25) is 4.79 Å². The highest BCUT2D eigenvalue weighted by Crippen LogP contribution is 2.30. The van der Waals surface area contributed by atoms with Gasteiger partial charge in [0.2, 0.25) is 5.91 Å². The van der Waals surface area contributed by atoms with Crippen LogP contribution in [0.15, 0.2) is 61.2 Å². The molecule has 0 aliphatic carbocycles. The highest BCUT2D eigenvalue weighted by atomic mass is 16.5. The molecule has 0 bridgehead atoms. The minimum absolute atomic E-state index is 0.169. The molecule has 1 aliphatic rings. The zero-order valence-electron chi connectivity index (χ0n) is 16.2. The quantitative estimate of drug-likeness (QED) is 0.542. The monoisotopic (exact) mass is 378 g/mol. The van der Waals surface area contributed by atoms with Crippen molar-refractivity contribution in [1.82, 2.24) is 0 Å². The molecule has 1 heterocycles.